The monoisotopic (exact) mass is 273 g/mol. The molecule has 0 aliphatic carbocycles. The van der Waals surface area contributed by atoms with Gasteiger partial charge in [-0.1, -0.05) is 0 Å². The van der Waals surface area contributed by atoms with E-state index in [0.717, 1.165) is 6.92 Å². The first-order valence-corrected chi connectivity index (χ1v) is 6.02. The van der Waals surface area contributed by atoms with E-state index in [2.05, 4.69) is 5.32 Å². The topological polar surface area (TPSA) is 133 Å². The van der Waals surface area contributed by atoms with Crippen molar-refractivity contribution < 1.29 is 24.6 Å². The molecule has 1 aliphatic heterocycles. The van der Waals surface area contributed by atoms with Crippen LogP contribution in [0.25, 0.3) is 0 Å². The molecule has 0 spiro atoms. The van der Waals surface area contributed by atoms with Gasteiger partial charge in [0.1, 0.15) is 0 Å². The lowest BCUT2D eigenvalue weighted by Gasteiger charge is -2.31. The average Bonchev–Trinajstić information content (AvgIpc) is 2.36. The van der Waals surface area contributed by atoms with Crippen LogP contribution in [0.1, 0.15) is 19.8 Å². The van der Waals surface area contributed by atoms with Crippen molar-refractivity contribution in [1.29, 1.82) is 0 Å². The molecule has 108 valence electrons. The van der Waals surface area contributed by atoms with Gasteiger partial charge in [0.25, 0.3) is 0 Å². The lowest BCUT2D eigenvalue weighted by molar-refractivity contribution is -0.156. The first kappa shape index (κ1) is 15.2. The smallest absolute Gasteiger partial charge is 0.337 e. The molecule has 0 bridgehead atoms. The molecule has 0 aromatic carbocycles. The maximum Gasteiger partial charge on any atom is 0.337 e. The summed E-state index contributed by atoms with van der Waals surface area (Å²) in [4.78, 5) is 34.9. The van der Waals surface area contributed by atoms with Gasteiger partial charge in [-0.05, 0) is 19.8 Å². The zero-order valence-corrected chi connectivity index (χ0v) is 10.8. The molecule has 1 fully saturated rings. The van der Waals surface area contributed by atoms with E-state index in [9.17, 15) is 19.5 Å². The SMILES string of the molecule is CC(O)(CNC(=O)C1CCCN(C(N)=O)C1)C(=O)O. The molecular weight excluding hydrogens is 254 g/mol. The third-order valence-electron chi connectivity index (χ3n) is 3.17. The molecule has 2 unspecified atom stereocenters. The minimum Gasteiger partial charge on any atom is -0.479 e. The van der Waals surface area contributed by atoms with Gasteiger partial charge in [0.15, 0.2) is 5.60 Å². The highest BCUT2D eigenvalue weighted by atomic mass is 16.4. The Morgan fingerprint density at radius 1 is 1.47 bits per heavy atom. The Balaban J connectivity index is 2.50. The second-order valence-electron chi connectivity index (χ2n) is 4.92. The molecule has 5 N–H and O–H groups in total. The fourth-order valence-corrected chi connectivity index (χ4v) is 1.87. The molecule has 0 aromatic rings. The largest absolute Gasteiger partial charge is 0.479 e. The highest BCUT2D eigenvalue weighted by Gasteiger charge is 2.33. The van der Waals surface area contributed by atoms with Gasteiger partial charge in [0, 0.05) is 13.1 Å². The number of urea groups is 1. The third-order valence-corrected chi connectivity index (χ3v) is 3.17. The summed E-state index contributed by atoms with van der Waals surface area (Å²) in [5, 5.41) is 20.6. The van der Waals surface area contributed by atoms with Crippen molar-refractivity contribution >= 4 is 17.9 Å². The number of nitrogens with zero attached hydrogens (tertiary/aromatic N) is 1. The number of amides is 3. The number of aliphatic carboxylic acids is 1. The second kappa shape index (κ2) is 5.87. The number of nitrogens with one attached hydrogen (secondary N) is 1. The van der Waals surface area contributed by atoms with Gasteiger partial charge in [-0.3, -0.25) is 4.79 Å². The molecule has 8 heteroatoms. The molecular formula is C11H19N3O5. The normalized spacial score (nSPS) is 22.4. The van der Waals surface area contributed by atoms with Gasteiger partial charge in [-0.2, -0.15) is 0 Å². The van der Waals surface area contributed by atoms with Crippen LogP contribution in [0.3, 0.4) is 0 Å². The van der Waals surface area contributed by atoms with Crippen LogP contribution in [0, 0.1) is 5.92 Å². The number of carbonyl (C=O) groups excluding carboxylic acids is 2. The van der Waals surface area contributed by atoms with E-state index in [1.807, 2.05) is 0 Å². The minimum atomic E-state index is -2.01. The van der Waals surface area contributed by atoms with Gasteiger partial charge in [-0.15, -0.1) is 0 Å². The van der Waals surface area contributed by atoms with Crippen molar-refractivity contribution in [3.05, 3.63) is 0 Å². The fraction of sp³-hybridized carbons (Fsp3) is 0.727. The van der Waals surface area contributed by atoms with Crippen LogP contribution in [0.4, 0.5) is 4.79 Å². The van der Waals surface area contributed by atoms with E-state index in [4.69, 9.17) is 10.8 Å². The van der Waals surface area contributed by atoms with Crippen LogP contribution in [0.2, 0.25) is 0 Å². The van der Waals surface area contributed by atoms with Crippen LogP contribution >= 0.6 is 0 Å². The fourth-order valence-electron chi connectivity index (χ4n) is 1.87. The van der Waals surface area contributed by atoms with Crippen molar-refractivity contribution in [2.24, 2.45) is 11.7 Å². The molecule has 1 aliphatic rings. The Labute approximate surface area is 110 Å². The lowest BCUT2D eigenvalue weighted by Crippen LogP contribution is -2.51. The first-order chi connectivity index (χ1) is 8.74. The third kappa shape index (κ3) is 4.09. The number of carboxylic acids is 1. The van der Waals surface area contributed by atoms with E-state index in [0.29, 0.717) is 19.4 Å². The summed E-state index contributed by atoms with van der Waals surface area (Å²) in [6.07, 6.45) is 1.27. The van der Waals surface area contributed by atoms with Gasteiger partial charge in [0.2, 0.25) is 5.91 Å². The van der Waals surface area contributed by atoms with Crippen molar-refractivity contribution in [1.82, 2.24) is 10.2 Å². The van der Waals surface area contributed by atoms with E-state index in [1.165, 1.54) is 4.90 Å². The number of nitrogens with two attached hydrogens (primary N) is 1. The van der Waals surface area contributed by atoms with E-state index < -0.39 is 23.5 Å². The number of hydrogen-bond donors (Lipinski definition) is 4. The number of primary amides is 1. The predicted octanol–water partition coefficient (Wildman–Crippen LogP) is -1.27. The van der Waals surface area contributed by atoms with Crippen LogP contribution in [0.5, 0.6) is 0 Å². The number of hydrogen-bond acceptors (Lipinski definition) is 4. The van der Waals surface area contributed by atoms with Crippen molar-refractivity contribution in [3.8, 4) is 0 Å². The maximum absolute atomic E-state index is 11.8. The van der Waals surface area contributed by atoms with Crippen LogP contribution in [0.15, 0.2) is 0 Å². The average molecular weight is 273 g/mol. The standard InChI is InChI=1S/C11H19N3O5/c1-11(19,9(16)17)6-13-8(15)7-3-2-4-14(5-7)10(12)18/h7,19H,2-6H2,1H3,(H2,12,18)(H,13,15)(H,16,17). The first-order valence-electron chi connectivity index (χ1n) is 6.02. The highest BCUT2D eigenvalue weighted by molar-refractivity contribution is 5.82. The highest BCUT2D eigenvalue weighted by Crippen LogP contribution is 2.16. The Morgan fingerprint density at radius 2 is 2.11 bits per heavy atom. The summed E-state index contributed by atoms with van der Waals surface area (Å²) in [5.41, 5.74) is 3.14. The number of piperidine rings is 1. The number of likely N-dealkylation sites (tertiary alicyclic amines) is 1. The molecule has 0 radical (unpaired) electrons. The van der Waals surface area contributed by atoms with Gasteiger partial charge in [0.05, 0.1) is 12.5 Å². The second-order valence-corrected chi connectivity index (χ2v) is 4.92. The lowest BCUT2D eigenvalue weighted by atomic mass is 9.97. The van der Waals surface area contributed by atoms with E-state index >= 15 is 0 Å². The van der Waals surface area contributed by atoms with Crippen molar-refractivity contribution in [2.75, 3.05) is 19.6 Å². The molecule has 0 saturated carbocycles. The summed E-state index contributed by atoms with van der Waals surface area (Å²) in [6, 6.07) is -0.574. The number of carbonyl (C=O) groups is 3. The Bertz CT molecular complexity index is 383. The number of aliphatic hydroxyl groups is 1. The van der Waals surface area contributed by atoms with Crippen molar-refractivity contribution in [3.63, 3.8) is 0 Å². The van der Waals surface area contributed by atoms with E-state index in [-0.39, 0.29) is 19.0 Å². The summed E-state index contributed by atoms with van der Waals surface area (Å²) < 4.78 is 0. The van der Waals surface area contributed by atoms with Crippen LogP contribution < -0.4 is 11.1 Å². The molecule has 2 atom stereocenters. The van der Waals surface area contributed by atoms with Crippen molar-refractivity contribution in [2.45, 2.75) is 25.4 Å². The minimum absolute atomic E-state index is 0.219. The molecule has 3 amide bonds. The molecule has 19 heavy (non-hydrogen) atoms. The molecule has 0 aromatic heterocycles. The Kier molecular flexibility index (Phi) is 4.71. The molecule has 8 nitrogen and oxygen atoms in total. The summed E-state index contributed by atoms with van der Waals surface area (Å²) >= 11 is 0. The summed E-state index contributed by atoms with van der Waals surface area (Å²) in [6.45, 7) is 1.46. The number of carboxylic acid groups (broad SMARTS) is 1. The summed E-state index contributed by atoms with van der Waals surface area (Å²) in [5.74, 6) is -2.21. The van der Waals surface area contributed by atoms with E-state index in [1.54, 1.807) is 0 Å². The predicted molar refractivity (Wildman–Crippen MR) is 65.1 cm³/mol. The molecule has 1 saturated heterocycles. The van der Waals surface area contributed by atoms with Gasteiger partial charge >= 0.3 is 12.0 Å². The quantitative estimate of drug-likeness (QED) is 0.507. The molecule has 1 rings (SSSR count). The van der Waals surface area contributed by atoms with Crippen LogP contribution in [-0.2, 0) is 9.59 Å². The van der Waals surface area contributed by atoms with Gasteiger partial charge in [-0.25, -0.2) is 9.59 Å². The maximum atomic E-state index is 11.8. The number of rotatable bonds is 4. The molecule has 1 heterocycles. The Hall–Kier alpha value is -1.83. The zero-order valence-electron chi connectivity index (χ0n) is 10.8. The van der Waals surface area contributed by atoms with Crippen LogP contribution in [-0.4, -0.2) is 58.3 Å². The zero-order chi connectivity index (χ0) is 14.6. The van der Waals surface area contributed by atoms with Gasteiger partial charge < -0.3 is 26.2 Å². The Morgan fingerprint density at radius 3 is 2.63 bits per heavy atom. The summed E-state index contributed by atoms with van der Waals surface area (Å²) in [7, 11) is 0.